The van der Waals surface area contributed by atoms with E-state index in [9.17, 15) is 4.79 Å². The minimum absolute atomic E-state index is 0.318. The van der Waals surface area contributed by atoms with Crippen LogP contribution >= 0.6 is 0 Å². The molecule has 0 aliphatic rings. The Labute approximate surface area is 148 Å². The number of nitrogens with zero attached hydrogens (tertiary/aromatic N) is 2. The quantitative estimate of drug-likeness (QED) is 0.901. The highest BCUT2D eigenvalue weighted by atomic mass is 16.6. The number of aromatic nitrogens is 2. The highest BCUT2D eigenvalue weighted by molar-refractivity contribution is 5.81. The van der Waals surface area contributed by atoms with Crippen LogP contribution in [-0.2, 0) is 11.2 Å². The molecule has 0 fully saturated rings. The molecule has 6 nitrogen and oxygen atoms in total. The van der Waals surface area contributed by atoms with Crippen molar-refractivity contribution >= 4 is 11.8 Å². The van der Waals surface area contributed by atoms with Gasteiger partial charge in [0.1, 0.15) is 17.0 Å². The maximum absolute atomic E-state index is 12.6. The van der Waals surface area contributed by atoms with Gasteiger partial charge in [0.25, 0.3) is 0 Å². The summed E-state index contributed by atoms with van der Waals surface area (Å²) in [5.41, 5.74) is 8.25. The third-order valence-electron chi connectivity index (χ3n) is 3.53. The number of rotatable bonds is 4. The zero-order valence-electron chi connectivity index (χ0n) is 15.8. The Hall–Kier alpha value is -2.50. The standard InChI is InChI=1S/C19H27N3O3/c1-12(2)10-15-16(20)17(13-8-7-9-14(11-13)24-6)21-22(15)18(23)25-19(3,4)5/h7-9,11-12H,10,20H2,1-6H3. The molecular weight excluding hydrogens is 318 g/mol. The summed E-state index contributed by atoms with van der Waals surface area (Å²) in [7, 11) is 1.60. The number of nitrogens with two attached hydrogens (primary N) is 1. The molecule has 2 aromatic rings. The van der Waals surface area contributed by atoms with Gasteiger partial charge in [-0.25, -0.2) is 4.79 Å². The van der Waals surface area contributed by atoms with Crippen molar-refractivity contribution in [3.63, 3.8) is 0 Å². The lowest BCUT2D eigenvalue weighted by atomic mass is 10.0. The fraction of sp³-hybridized carbons (Fsp3) is 0.474. The highest BCUT2D eigenvalue weighted by Gasteiger charge is 2.25. The number of carbonyl (C=O) groups is 1. The van der Waals surface area contributed by atoms with Gasteiger partial charge in [0, 0.05) is 5.56 Å². The molecule has 0 radical (unpaired) electrons. The normalized spacial score (nSPS) is 11.6. The van der Waals surface area contributed by atoms with Crippen molar-refractivity contribution in [2.45, 2.75) is 46.6 Å². The maximum atomic E-state index is 12.6. The van der Waals surface area contributed by atoms with Gasteiger partial charge in [-0.3, -0.25) is 0 Å². The van der Waals surface area contributed by atoms with Gasteiger partial charge in [0.2, 0.25) is 0 Å². The Kier molecular flexibility index (Phi) is 5.40. The second-order valence-corrected chi connectivity index (χ2v) is 7.43. The van der Waals surface area contributed by atoms with E-state index in [-0.39, 0.29) is 0 Å². The van der Waals surface area contributed by atoms with Gasteiger partial charge in [-0.05, 0) is 45.2 Å². The molecular formula is C19H27N3O3. The van der Waals surface area contributed by atoms with E-state index < -0.39 is 11.7 Å². The molecule has 6 heteroatoms. The summed E-state index contributed by atoms with van der Waals surface area (Å²) in [4.78, 5) is 12.6. The van der Waals surface area contributed by atoms with Crippen LogP contribution in [0.15, 0.2) is 24.3 Å². The van der Waals surface area contributed by atoms with Gasteiger partial charge in [-0.1, -0.05) is 26.0 Å². The van der Waals surface area contributed by atoms with Crippen molar-refractivity contribution in [2.24, 2.45) is 5.92 Å². The lowest BCUT2D eigenvalue weighted by Gasteiger charge is -2.20. The minimum atomic E-state index is -0.608. The van der Waals surface area contributed by atoms with Gasteiger partial charge in [-0.15, -0.1) is 0 Å². The first-order valence-electron chi connectivity index (χ1n) is 8.37. The Balaban J connectivity index is 2.53. The van der Waals surface area contributed by atoms with E-state index in [0.29, 0.717) is 35.2 Å². The average molecular weight is 345 g/mol. The van der Waals surface area contributed by atoms with Gasteiger partial charge in [0.15, 0.2) is 0 Å². The van der Waals surface area contributed by atoms with Crippen LogP contribution in [0.25, 0.3) is 11.3 Å². The third-order valence-corrected chi connectivity index (χ3v) is 3.53. The molecule has 0 aliphatic carbocycles. The van der Waals surface area contributed by atoms with Crippen LogP contribution in [0.4, 0.5) is 10.5 Å². The first-order chi connectivity index (χ1) is 11.6. The van der Waals surface area contributed by atoms with Crippen LogP contribution in [0.1, 0.15) is 40.3 Å². The summed E-state index contributed by atoms with van der Waals surface area (Å²) >= 11 is 0. The van der Waals surface area contributed by atoms with Crippen molar-refractivity contribution in [3.8, 4) is 17.0 Å². The molecule has 1 aromatic carbocycles. The highest BCUT2D eigenvalue weighted by Crippen LogP contribution is 2.31. The number of hydrogen-bond donors (Lipinski definition) is 1. The van der Waals surface area contributed by atoms with E-state index in [1.807, 2.05) is 45.0 Å². The van der Waals surface area contributed by atoms with E-state index in [1.165, 1.54) is 4.68 Å². The summed E-state index contributed by atoms with van der Waals surface area (Å²) in [5.74, 6) is 1.02. The first-order valence-corrected chi connectivity index (χ1v) is 8.37. The van der Waals surface area contributed by atoms with E-state index >= 15 is 0 Å². The van der Waals surface area contributed by atoms with Gasteiger partial charge in [-0.2, -0.15) is 9.78 Å². The third kappa shape index (κ3) is 4.53. The first kappa shape index (κ1) is 18.8. The number of methoxy groups -OCH3 is 1. The topological polar surface area (TPSA) is 79.4 Å². The van der Waals surface area contributed by atoms with Gasteiger partial charge < -0.3 is 15.2 Å². The second-order valence-electron chi connectivity index (χ2n) is 7.43. The number of ether oxygens (including phenoxy) is 2. The smallest absolute Gasteiger partial charge is 0.435 e. The lowest BCUT2D eigenvalue weighted by molar-refractivity contribution is 0.0509. The summed E-state index contributed by atoms with van der Waals surface area (Å²) in [6.07, 6.45) is 0.103. The Morgan fingerprint density at radius 3 is 2.56 bits per heavy atom. The van der Waals surface area contributed by atoms with Gasteiger partial charge in [0.05, 0.1) is 18.5 Å². The zero-order valence-corrected chi connectivity index (χ0v) is 15.8. The van der Waals surface area contributed by atoms with Crippen LogP contribution in [0.3, 0.4) is 0 Å². The number of nitrogen functional groups attached to an aromatic ring is 1. The van der Waals surface area contributed by atoms with Crippen LogP contribution in [0, 0.1) is 5.92 Å². The molecule has 0 aliphatic heterocycles. The summed E-state index contributed by atoms with van der Waals surface area (Å²) in [6.45, 7) is 9.60. The predicted molar refractivity (Wildman–Crippen MR) is 98.8 cm³/mol. The average Bonchev–Trinajstić information content (AvgIpc) is 2.82. The fourth-order valence-corrected chi connectivity index (χ4v) is 2.49. The van der Waals surface area contributed by atoms with E-state index in [1.54, 1.807) is 7.11 Å². The minimum Gasteiger partial charge on any atom is -0.497 e. The number of anilines is 1. The zero-order chi connectivity index (χ0) is 18.8. The Bertz CT molecular complexity index is 758. The van der Waals surface area contributed by atoms with Gasteiger partial charge >= 0.3 is 6.09 Å². The SMILES string of the molecule is COc1cccc(-c2nn(C(=O)OC(C)(C)C)c(CC(C)C)c2N)c1. The molecule has 0 unspecified atom stereocenters. The largest absolute Gasteiger partial charge is 0.497 e. The molecule has 0 atom stereocenters. The van der Waals surface area contributed by atoms with Crippen LogP contribution in [0.2, 0.25) is 0 Å². The monoisotopic (exact) mass is 345 g/mol. The van der Waals surface area contributed by atoms with Crippen LogP contribution < -0.4 is 10.5 Å². The summed E-state index contributed by atoms with van der Waals surface area (Å²) in [6, 6.07) is 7.44. The summed E-state index contributed by atoms with van der Waals surface area (Å²) < 4.78 is 12.0. The van der Waals surface area contributed by atoms with Crippen molar-refractivity contribution in [1.82, 2.24) is 9.78 Å². The van der Waals surface area contributed by atoms with Crippen molar-refractivity contribution in [3.05, 3.63) is 30.0 Å². The number of benzene rings is 1. The Morgan fingerprint density at radius 2 is 2.00 bits per heavy atom. The van der Waals surface area contributed by atoms with Crippen LogP contribution in [0.5, 0.6) is 5.75 Å². The fourth-order valence-electron chi connectivity index (χ4n) is 2.49. The van der Waals surface area contributed by atoms with Crippen molar-refractivity contribution in [2.75, 3.05) is 12.8 Å². The maximum Gasteiger partial charge on any atom is 0.435 e. The van der Waals surface area contributed by atoms with Crippen molar-refractivity contribution < 1.29 is 14.3 Å². The molecule has 0 amide bonds. The molecule has 2 rings (SSSR count). The van der Waals surface area contributed by atoms with E-state index in [0.717, 1.165) is 5.56 Å². The van der Waals surface area contributed by atoms with E-state index in [2.05, 4.69) is 18.9 Å². The molecule has 1 heterocycles. The lowest BCUT2D eigenvalue weighted by Crippen LogP contribution is -2.29. The molecule has 0 saturated carbocycles. The molecule has 0 bridgehead atoms. The molecule has 0 saturated heterocycles. The molecule has 0 spiro atoms. The van der Waals surface area contributed by atoms with Crippen molar-refractivity contribution in [1.29, 1.82) is 0 Å². The second kappa shape index (κ2) is 7.17. The molecule has 1 aromatic heterocycles. The molecule has 25 heavy (non-hydrogen) atoms. The van der Waals surface area contributed by atoms with E-state index in [4.69, 9.17) is 15.2 Å². The predicted octanol–water partition coefficient (Wildman–Crippen LogP) is 4.12. The summed E-state index contributed by atoms with van der Waals surface area (Å²) in [5, 5.41) is 4.45. The number of hydrogen-bond acceptors (Lipinski definition) is 5. The molecule has 136 valence electrons. The Morgan fingerprint density at radius 1 is 1.32 bits per heavy atom. The number of carbonyl (C=O) groups excluding carboxylic acids is 1. The van der Waals surface area contributed by atoms with Crippen LogP contribution in [-0.4, -0.2) is 28.6 Å². The molecule has 2 N–H and O–H groups in total.